The van der Waals surface area contributed by atoms with E-state index in [9.17, 15) is 14.0 Å². The molecule has 2 rings (SSSR count). The van der Waals surface area contributed by atoms with Crippen molar-refractivity contribution in [1.82, 2.24) is 0 Å². The van der Waals surface area contributed by atoms with Gasteiger partial charge < -0.3 is 10.1 Å². The molecule has 2 aromatic carbocycles. The van der Waals surface area contributed by atoms with Crippen LogP contribution in [0.2, 0.25) is 0 Å². The van der Waals surface area contributed by atoms with E-state index < -0.39 is 11.9 Å². The molecule has 0 aliphatic heterocycles. The van der Waals surface area contributed by atoms with Crippen LogP contribution in [0.4, 0.5) is 10.1 Å². The number of hydrogen-bond acceptors (Lipinski definition) is 3. The molecule has 4 nitrogen and oxygen atoms in total. The lowest BCUT2D eigenvalue weighted by molar-refractivity contribution is -0.142. The van der Waals surface area contributed by atoms with Gasteiger partial charge in [-0.1, -0.05) is 29.8 Å². The summed E-state index contributed by atoms with van der Waals surface area (Å²) < 4.78 is 17.6. The van der Waals surface area contributed by atoms with E-state index in [0.29, 0.717) is 11.3 Å². The number of carbonyl (C=O) groups is 2. The number of esters is 1. The van der Waals surface area contributed by atoms with Gasteiger partial charge in [-0.3, -0.25) is 4.79 Å². The molecule has 0 aromatic heterocycles. The van der Waals surface area contributed by atoms with Gasteiger partial charge >= 0.3 is 5.97 Å². The third-order valence-electron chi connectivity index (χ3n) is 2.96. The smallest absolute Gasteiger partial charge is 0.331 e. The van der Waals surface area contributed by atoms with Gasteiger partial charge in [0.2, 0.25) is 0 Å². The fourth-order valence-electron chi connectivity index (χ4n) is 1.76. The van der Waals surface area contributed by atoms with Gasteiger partial charge in [0.25, 0.3) is 5.91 Å². The van der Waals surface area contributed by atoms with Crippen molar-refractivity contribution in [3.63, 3.8) is 0 Å². The molecule has 1 N–H and O–H groups in total. The van der Waals surface area contributed by atoms with E-state index in [-0.39, 0.29) is 12.4 Å². The Balaban J connectivity index is 1.78. The minimum atomic E-state index is -0.645. The maximum absolute atomic E-state index is 12.7. The molecule has 0 unspecified atom stereocenters. The standard InChI is InChI=1S/C18H16FNO3/c1-13-2-9-16(10-3-13)20-17(21)12-23-18(22)11-6-14-4-7-15(19)8-5-14/h2-11H,12H2,1H3,(H,20,21). The number of benzene rings is 2. The van der Waals surface area contributed by atoms with Crippen molar-refractivity contribution in [2.45, 2.75) is 6.92 Å². The summed E-state index contributed by atoms with van der Waals surface area (Å²) >= 11 is 0. The van der Waals surface area contributed by atoms with Crippen LogP contribution in [0, 0.1) is 12.7 Å². The van der Waals surface area contributed by atoms with Gasteiger partial charge in [-0.25, -0.2) is 9.18 Å². The Hall–Kier alpha value is -2.95. The number of ether oxygens (including phenoxy) is 1. The van der Waals surface area contributed by atoms with E-state index in [2.05, 4.69) is 5.32 Å². The van der Waals surface area contributed by atoms with Crippen molar-refractivity contribution in [3.05, 3.63) is 71.6 Å². The Kier molecular flexibility index (Phi) is 5.63. The summed E-state index contributed by atoms with van der Waals surface area (Å²) in [6.07, 6.45) is 2.67. The minimum Gasteiger partial charge on any atom is -0.452 e. The molecular formula is C18H16FNO3. The molecule has 118 valence electrons. The topological polar surface area (TPSA) is 55.4 Å². The molecule has 23 heavy (non-hydrogen) atoms. The van der Waals surface area contributed by atoms with Crippen LogP contribution >= 0.6 is 0 Å². The fraction of sp³-hybridized carbons (Fsp3) is 0.111. The zero-order valence-corrected chi connectivity index (χ0v) is 12.6. The average Bonchev–Trinajstić information content (AvgIpc) is 2.54. The predicted molar refractivity (Wildman–Crippen MR) is 86.2 cm³/mol. The first kappa shape index (κ1) is 16.4. The lowest BCUT2D eigenvalue weighted by atomic mass is 10.2. The summed E-state index contributed by atoms with van der Waals surface area (Å²) in [6, 6.07) is 12.9. The van der Waals surface area contributed by atoms with E-state index in [1.165, 1.54) is 36.4 Å². The van der Waals surface area contributed by atoms with Crippen LogP contribution in [0.15, 0.2) is 54.6 Å². The quantitative estimate of drug-likeness (QED) is 0.680. The first-order valence-electron chi connectivity index (χ1n) is 7.00. The van der Waals surface area contributed by atoms with E-state index >= 15 is 0 Å². The highest BCUT2D eigenvalue weighted by Gasteiger charge is 2.05. The monoisotopic (exact) mass is 313 g/mol. The van der Waals surface area contributed by atoms with Crippen molar-refractivity contribution in [2.24, 2.45) is 0 Å². The van der Waals surface area contributed by atoms with E-state index in [1.54, 1.807) is 12.1 Å². The molecule has 5 heteroatoms. The summed E-state index contributed by atoms with van der Waals surface area (Å²) in [4.78, 5) is 23.2. The van der Waals surface area contributed by atoms with Gasteiger partial charge in [-0.05, 0) is 42.8 Å². The van der Waals surface area contributed by atoms with Gasteiger partial charge in [-0.2, -0.15) is 0 Å². The molecule has 0 fully saturated rings. The second kappa shape index (κ2) is 7.89. The van der Waals surface area contributed by atoms with Crippen LogP contribution in [-0.2, 0) is 14.3 Å². The van der Waals surface area contributed by atoms with Crippen LogP contribution in [-0.4, -0.2) is 18.5 Å². The number of aryl methyl sites for hydroxylation is 1. The molecule has 0 heterocycles. The molecule has 0 spiro atoms. The molecular weight excluding hydrogens is 297 g/mol. The van der Waals surface area contributed by atoms with Gasteiger partial charge in [0.15, 0.2) is 6.61 Å². The van der Waals surface area contributed by atoms with Gasteiger partial charge in [-0.15, -0.1) is 0 Å². The van der Waals surface area contributed by atoms with E-state index in [4.69, 9.17) is 4.74 Å². The second-order valence-electron chi connectivity index (χ2n) is 4.91. The Morgan fingerprint density at radius 3 is 2.39 bits per heavy atom. The lowest BCUT2D eigenvalue weighted by Crippen LogP contribution is -2.20. The summed E-state index contributed by atoms with van der Waals surface area (Å²) in [5, 5.41) is 2.62. The highest BCUT2D eigenvalue weighted by molar-refractivity contribution is 5.94. The number of rotatable bonds is 5. The Bertz CT molecular complexity index is 706. The molecule has 0 bridgehead atoms. The predicted octanol–water partition coefficient (Wildman–Crippen LogP) is 3.33. The van der Waals surface area contributed by atoms with Gasteiger partial charge in [0.1, 0.15) is 5.82 Å². The van der Waals surface area contributed by atoms with Crippen molar-refractivity contribution in [2.75, 3.05) is 11.9 Å². The molecule has 0 atom stereocenters. The van der Waals surface area contributed by atoms with Crippen LogP contribution in [0.1, 0.15) is 11.1 Å². The molecule has 0 aliphatic carbocycles. The molecule has 2 aromatic rings. The zero-order chi connectivity index (χ0) is 16.7. The van der Waals surface area contributed by atoms with Crippen LogP contribution in [0.3, 0.4) is 0 Å². The first-order chi connectivity index (χ1) is 11.0. The summed E-state index contributed by atoms with van der Waals surface area (Å²) in [5.74, 6) is -1.41. The van der Waals surface area contributed by atoms with Crippen molar-refractivity contribution in [3.8, 4) is 0 Å². The van der Waals surface area contributed by atoms with Crippen LogP contribution in [0.25, 0.3) is 6.08 Å². The van der Waals surface area contributed by atoms with Crippen molar-refractivity contribution >= 4 is 23.6 Å². The number of nitrogens with one attached hydrogen (secondary N) is 1. The Morgan fingerprint density at radius 1 is 1.09 bits per heavy atom. The number of halogens is 1. The lowest BCUT2D eigenvalue weighted by Gasteiger charge is -2.05. The molecule has 0 aliphatic rings. The number of anilines is 1. The maximum Gasteiger partial charge on any atom is 0.331 e. The van der Waals surface area contributed by atoms with E-state index in [1.807, 2.05) is 19.1 Å². The van der Waals surface area contributed by atoms with Crippen molar-refractivity contribution in [1.29, 1.82) is 0 Å². The molecule has 0 saturated carbocycles. The van der Waals surface area contributed by atoms with Crippen molar-refractivity contribution < 1.29 is 18.7 Å². The number of amides is 1. The normalized spacial score (nSPS) is 10.5. The molecule has 0 radical (unpaired) electrons. The largest absolute Gasteiger partial charge is 0.452 e. The van der Waals surface area contributed by atoms with Gasteiger partial charge in [0, 0.05) is 11.8 Å². The van der Waals surface area contributed by atoms with Gasteiger partial charge in [0.05, 0.1) is 0 Å². The fourth-order valence-corrected chi connectivity index (χ4v) is 1.76. The summed E-state index contributed by atoms with van der Waals surface area (Å²) in [7, 11) is 0. The molecule has 1 amide bonds. The van der Waals surface area contributed by atoms with Crippen LogP contribution < -0.4 is 5.32 Å². The number of hydrogen-bond donors (Lipinski definition) is 1. The highest BCUT2D eigenvalue weighted by atomic mass is 19.1. The highest BCUT2D eigenvalue weighted by Crippen LogP contribution is 2.08. The van der Waals surface area contributed by atoms with Crippen LogP contribution in [0.5, 0.6) is 0 Å². The maximum atomic E-state index is 12.7. The SMILES string of the molecule is Cc1ccc(NC(=O)COC(=O)C=Cc2ccc(F)cc2)cc1. The summed E-state index contributed by atoms with van der Waals surface area (Å²) in [5.41, 5.74) is 2.38. The average molecular weight is 313 g/mol. The second-order valence-corrected chi connectivity index (χ2v) is 4.91. The Morgan fingerprint density at radius 2 is 1.74 bits per heavy atom. The first-order valence-corrected chi connectivity index (χ1v) is 7.00. The Labute approximate surface area is 133 Å². The molecule has 0 saturated heterocycles. The third kappa shape index (κ3) is 5.74. The zero-order valence-electron chi connectivity index (χ0n) is 12.6. The third-order valence-corrected chi connectivity index (χ3v) is 2.96. The summed E-state index contributed by atoms with van der Waals surface area (Å²) in [6.45, 7) is 1.57. The van der Waals surface area contributed by atoms with E-state index in [0.717, 1.165) is 5.56 Å². The minimum absolute atomic E-state index is 0.350. The number of carbonyl (C=O) groups excluding carboxylic acids is 2.